The average Bonchev–Trinajstić information content (AvgIpc) is 2.39. The Kier molecular flexibility index (Phi) is 10.6. The van der Waals surface area contributed by atoms with Gasteiger partial charge in [-0.1, -0.05) is 6.92 Å². The quantitative estimate of drug-likeness (QED) is 0.802. The lowest BCUT2D eigenvalue weighted by Crippen LogP contribution is -2.56. The second kappa shape index (κ2) is 10.6. The molecule has 5 nitrogen and oxygen atoms in total. The summed E-state index contributed by atoms with van der Waals surface area (Å²) in [5.74, 6) is 0.857. The summed E-state index contributed by atoms with van der Waals surface area (Å²) in [5, 5.41) is 6.24. The lowest BCUT2D eigenvalue weighted by molar-refractivity contribution is -0.129. The molecule has 2 fully saturated rings. The summed E-state index contributed by atoms with van der Waals surface area (Å²) in [6.45, 7) is 9.72. The van der Waals surface area contributed by atoms with E-state index in [0.29, 0.717) is 6.61 Å². The van der Waals surface area contributed by atoms with Crippen LogP contribution < -0.4 is 10.6 Å². The summed E-state index contributed by atoms with van der Waals surface area (Å²) < 4.78 is 5.49. The molecule has 2 saturated heterocycles. The van der Waals surface area contributed by atoms with Gasteiger partial charge in [-0.25, -0.2) is 0 Å². The summed E-state index contributed by atoms with van der Waals surface area (Å²) in [6, 6.07) is -0.200. The number of likely N-dealkylation sites (tertiary alicyclic amines) is 1. The number of hydrogen-bond donors (Lipinski definition) is 2. The standard InChI is InChI=1S/C14H27N3O2.2ClH/c1-11-4-3-7-17(10-11)8-5-16-14(18)13-12(2)19-9-6-15-13;;/h11-13,15H,3-10H2,1-2H3,(H,16,18);2*1H/t11?,12-,13+;;/m1../s1. The smallest absolute Gasteiger partial charge is 0.239 e. The van der Waals surface area contributed by atoms with Crippen molar-refractivity contribution in [2.75, 3.05) is 39.3 Å². The number of carbonyl (C=O) groups excluding carboxylic acids is 1. The van der Waals surface area contributed by atoms with Crippen molar-refractivity contribution >= 4 is 30.7 Å². The van der Waals surface area contributed by atoms with Gasteiger partial charge in [-0.2, -0.15) is 0 Å². The minimum absolute atomic E-state index is 0. The van der Waals surface area contributed by atoms with Crippen LogP contribution in [0.15, 0.2) is 0 Å². The van der Waals surface area contributed by atoms with Crippen molar-refractivity contribution in [3.63, 3.8) is 0 Å². The van der Waals surface area contributed by atoms with Gasteiger partial charge in [0.25, 0.3) is 0 Å². The SMILES string of the molecule is CC1CCCN(CCNC(=O)[C@H]2NCCO[C@@H]2C)C1.Cl.Cl. The van der Waals surface area contributed by atoms with E-state index in [1.807, 2.05) is 6.92 Å². The van der Waals surface area contributed by atoms with Crippen LogP contribution in [0.25, 0.3) is 0 Å². The van der Waals surface area contributed by atoms with Gasteiger partial charge >= 0.3 is 0 Å². The highest BCUT2D eigenvalue weighted by Crippen LogP contribution is 2.14. The van der Waals surface area contributed by atoms with Crippen LogP contribution in [-0.2, 0) is 9.53 Å². The molecule has 0 aromatic heterocycles. The Morgan fingerprint density at radius 3 is 2.81 bits per heavy atom. The first-order valence-electron chi connectivity index (χ1n) is 7.52. The van der Waals surface area contributed by atoms with E-state index in [9.17, 15) is 4.79 Å². The maximum absolute atomic E-state index is 12.0. The molecule has 3 atom stereocenters. The number of amides is 1. The topological polar surface area (TPSA) is 53.6 Å². The number of ether oxygens (including phenoxy) is 1. The highest BCUT2D eigenvalue weighted by atomic mass is 35.5. The number of piperidine rings is 1. The normalized spacial score (nSPS) is 29.9. The monoisotopic (exact) mass is 341 g/mol. The van der Waals surface area contributed by atoms with Crippen LogP contribution >= 0.6 is 24.8 Å². The highest BCUT2D eigenvalue weighted by Gasteiger charge is 2.28. The largest absolute Gasteiger partial charge is 0.375 e. The van der Waals surface area contributed by atoms with Gasteiger partial charge in [-0.3, -0.25) is 4.79 Å². The van der Waals surface area contributed by atoms with Gasteiger partial charge in [0.2, 0.25) is 5.91 Å². The fraction of sp³-hybridized carbons (Fsp3) is 0.929. The molecule has 2 N–H and O–H groups in total. The fourth-order valence-electron chi connectivity index (χ4n) is 2.96. The molecule has 0 bridgehead atoms. The van der Waals surface area contributed by atoms with E-state index in [-0.39, 0.29) is 42.9 Å². The van der Waals surface area contributed by atoms with E-state index in [0.717, 1.165) is 32.1 Å². The molecule has 1 amide bonds. The maximum atomic E-state index is 12.0. The number of rotatable bonds is 4. The predicted octanol–water partition coefficient (Wildman–Crippen LogP) is 1.05. The van der Waals surface area contributed by atoms with Crippen molar-refractivity contribution in [1.82, 2.24) is 15.5 Å². The highest BCUT2D eigenvalue weighted by molar-refractivity contribution is 5.85. The molecular weight excluding hydrogens is 313 g/mol. The Balaban J connectivity index is 0.00000200. The van der Waals surface area contributed by atoms with Crippen molar-refractivity contribution < 1.29 is 9.53 Å². The third-order valence-corrected chi connectivity index (χ3v) is 4.07. The van der Waals surface area contributed by atoms with Crippen molar-refractivity contribution in [3.8, 4) is 0 Å². The Bertz CT molecular complexity index is 308. The Morgan fingerprint density at radius 2 is 2.14 bits per heavy atom. The third kappa shape index (κ3) is 6.70. The average molecular weight is 342 g/mol. The molecule has 2 aliphatic heterocycles. The second-order valence-electron chi connectivity index (χ2n) is 5.85. The molecule has 0 saturated carbocycles. The van der Waals surface area contributed by atoms with Gasteiger partial charge in [0, 0.05) is 26.2 Å². The van der Waals surface area contributed by atoms with Crippen molar-refractivity contribution in [3.05, 3.63) is 0 Å². The zero-order valence-electron chi connectivity index (χ0n) is 13.0. The molecule has 0 spiro atoms. The van der Waals surface area contributed by atoms with Crippen LogP contribution in [0.5, 0.6) is 0 Å². The molecule has 2 heterocycles. The molecule has 0 aromatic carbocycles. The summed E-state index contributed by atoms with van der Waals surface area (Å²) in [6.07, 6.45) is 2.58. The van der Waals surface area contributed by atoms with Crippen LogP contribution in [0.2, 0.25) is 0 Å². The van der Waals surface area contributed by atoms with E-state index in [1.165, 1.54) is 19.4 Å². The van der Waals surface area contributed by atoms with E-state index in [4.69, 9.17) is 4.74 Å². The number of morpholine rings is 1. The van der Waals surface area contributed by atoms with Gasteiger partial charge in [0.15, 0.2) is 0 Å². The molecule has 0 aromatic rings. The Labute approximate surface area is 140 Å². The van der Waals surface area contributed by atoms with Gasteiger partial charge in [-0.15, -0.1) is 24.8 Å². The minimum atomic E-state index is -0.200. The first kappa shape index (κ1) is 20.9. The number of nitrogens with zero attached hydrogens (tertiary/aromatic N) is 1. The van der Waals surface area contributed by atoms with Crippen LogP contribution in [0.1, 0.15) is 26.7 Å². The summed E-state index contributed by atoms with van der Waals surface area (Å²) in [7, 11) is 0. The van der Waals surface area contributed by atoms with Gasteiger partial charge in [0.05, 0.1) is 12.7 Å². The molecule has 21 heavy (non-hydrogen) atoms. The van der Waals surface area contributed by atoms with Gasteiger partial charge in [-0.05, 0) is 32.2 Å². The molecule has 2 rings (SSSR count). The van der Waals surface area contributed by atoms with E-state index < -0.39 is 0 Å². The number of halogens is 2. The lowest BCUT2D eigenvalue weighted by atomic mass is 10.0. The Hall–Kier alpha value is -0.0700. The number of nitrogens with one attached hydrogen (secondary N) is 2. The molecule has 1 unspecified atom stereocenters. The van der Waals surface area contributed by atoms with Crippen molar-refractivity contribution in [1.29, 1.82) is 0 Å². The zero-order chi connectivity index (χ0) is 13.7. The fourth-order valence-corrected chi connectivity index (χ4v) is 2.96. The van der Waals surface area contributed by atoms with E-state index in [1.54, 1.807) is 0 Å². The van der Waals surface area contributed by atoms with E-state index in [2.05, 4.69) is 22.5 Å². The molecule has 0 aliphatic carbocycles. The maximum Gasteiger partial charge on any atom is 0.239 e. The lowest BCUT2D eigenvalue weighted by Gasteiger charge is -2.32. The zero-order valence-corrected chi connectivity index (χ0v) is 14.6. The minimum Gasteiger partial charge on any atom is -0.375 e. The summed E-state index contributed by atoms with van der Waals surface area (Å²) in [5.41, 5.74) is 0. The Morgan fingerprint density at radius 1 is 1.38 bits per heavy atom. The van der Waals surface area contributed by atoms with Crippen LogP contribution in [-0.4, -0.2) is 62.3 Å². The van der Waals surface area contributed by atoms with Crippen LogP contribution in [0, 0.1) is 5.92 Å². The number of hydrogen-bond acceptors (Lipinski definition) is 4. The molecular formula is C14H29Cl2N3O2. The molecule has 7 heteroatoms. The molecule has 0 radical (unpaired) electrons. The van der Waals surface area contributed by atoms with Gasteiger partial charge < -0.3 is 20.3 Å². The first-order valence-corrected chi connectivity index (χ1v) is 7.52. The molecule has 2 aliphatic rings. The second-order valence-corrected chi connectivity index (χ2v) is 5.85. The van der Waals surface area contributed by atoms with Crippen LogP contribution in [0.3, 0.4) is 0 Å². The predicted molar refractivity (Wildman–Crippen MR) is 89.5 cm³/mol. The van der Waals surface area contributed by atoms with Crippen molar-refractivity contribution in [2.24, 2.45) is 5.92 Å². The van der Waals surface area contributed by atoms with Crippen LogP contribution in [0.4, 0.5) is 0 Å². The number of carbonyl (C=O) groups is 1. The summed E-state index contributed by atoms with van der Waals surface area (Å²) >= 11 is 0. The third-order valence-electron chi connectivity index (χ3n) is 4.07. The first-order chi connectivity index (χ1) is 9.16. The van der Waals surface area contributed by atoms with Gasteiger partial charge in [0.1, 0.15) is 6.04 Å². The van der Waals surface area contributed by atoms with Crippen molar-refractivity contribution in [2.45, 2.75) is 38.8 Å². The van der Waals surface area contributed by atoms with E-state index >= 15 is 0 Å². The summed E-state index contributed by atoms with van der Waals surface area (Å²) in [4.78, 5) is 14.5. The molecule has 126 valence electrons.